The summed E-state index contributed by atoms with van der Waals surface area (Å²) in [4.78, 5) is 10.5. The van der Waals surface area contributed by atoms with Crippen molar-refractivity contribution in [2.24, 2.45) is 0 Å². The largest absolute Gasteiger partial charge is 0.481 e. The van der Waals surface area contributed by atoms with Crippen molar-refractivity contribution >= 4 is 5.97 Å². The van der Waals surface area contributed by atoms with E-state index in [-0.39, 0.29) is 6.42 Å². The summed E-state index contributed by atoms with van der Waals surface area (Å²) in [6, 6.07) is 6.03. The van der Waals surface area contributed by atoms with E-state index in [4.69, 9.17) is 5.11 Å². The highest BCUT2D eigenvalue weighted by atomic mass is 16.4. The minimum atomic E-state index is -0.823. The van der Waals surface area contributed by atoms with Gasteiger partial charge < -0.3 is 5.11 Å². The maximum atomic E-state index is 10.5. The maximum absolute atomic E-state index is 10.5. The number of hydrogen-bond donors (Lipinski definition) is 1. The minimum Gasteiger partial charge on any atom is -0.481 e. The third kappa shape index (κ3) is 2.56. The maximum Gasteiger partial charge on any atom is 0.303 e. The number of hydrogen-bond acceptors (Lipinski definition) is 3. The van der Waals surface area contributed by atoms with E-state index < -0.39 is 5.97 Å². The minimum absolute atomic E-state index is 0.0748. The molecule has 0 saturated carbocycles. The molecule has 5 nitrogen and oxygen atoms in total. The van der Waals surface area contributed by atoms with Crippen LogP contribution in [0.5, 0.6) is 0 Å². The van der Waals surface area contributed by atoms with E-state index in [9.17, 15) is 4.79 Å². The van der Waals surface area contributed by atoms with Crippen molar-refractivity contribution in [2.45, 2.75) is 26.7 Å². The summed E-state index contributed by atoms with van der Waals surface area (Å²) < 4.78 is 1.71. The number of carboxylic acid groups (broad SMARTS) is 1. The van der Waals surface area contributed by atoms with Crippen LogP contribution in [0.15, 0.2) is 24.4 Å². The first-order valence-corrected chi connectivity index (χ1v) is 5.77. The smallest absolute Gasteiger partial charge is 0.303 e. The molecule has 18 heavy (non-hydrogen) atoms. The highest BCUT2D eigenvalue weighted by Crippen LogP contribution is 2.17. The molecule has 94 valence electrons. The van der Waals surface area contributed by atoms with Gasteiger partial charge in [-0.3, -0.25) is 4.79 Å². The zero-order valence-electron chi connectivity index (χ0n) is 10.4. The molecule has 0 fully saturated rings. The van der Waals surface area contributed by atoms with Crippen LogP contribution in [-0.4, -0.2) is 26.1 Å². The Bertz CT molecular complexity index is 555. The topological polar surface area (TPSA) is 68.0 Å². The van der Waals surface area contributed by atoms with Crippen molar-refractivity contribution in [3.63, 3.8) is 0 Å². The number of rotatable bonds is 4. The molecule has 5 heteroatoms. The van der Waals surface area contributed by atoms with Gasteiger partial charge in [-0.2, -0.15) is 0 Å². The van der Waals surface area contributed by atoms with Crippen LogP contribution in [0.4, 0.5) is 0 Å². The van der Waals surface area contributed by atoms with Crippen LogP contribution in [-0.2, 0) is 11.2 Å². The van der Waals surface area contributed by atoms with Crippen LogP contribution >= 0.6 is 0 Å². The van der Waals surface area contributed by atoms with Crippen LogP contribution in [0.1, 0.15) is 23.2 Å². The van der Waals surface area contributed by atoms with Crippen LogP contribution < -0.4 is 0 Å². The summed E-state index contributed by atoms with van der Waals surface area (Å²) in [6.07, 6.45) is 2.27. The van der Waals surface area contributed by atoms with E-state index in [1.807, 2.05) is 32.0 Å². The number of nitrogens with zero attached hydrogens (tertiary/aromatic N) is 3. The summed E-state index contributed by atoms with van der Waals surface area (Å²) in [7, 11) is 0. The molecule has 0 aliphatic heterocycles. The number of aliphatic carboxylic acids is 1. The molecule has 0 spiro atoms. The molecule has 2 aromatic rings. The fourth-order valence-electron chi connectivity index (χ4n) is 1.92. The van der Waals surface area contributed by atoms with Gasteiger partial charge in [0.15, 0.2) is 0 Å². The van der Waals surface area contributed by atoms with E-state index in [2.05, 4.69) is 10.3 Å². The molecule has 1 aromatic heterocycles. The second-order valence-corrected chi connectivity index (χ2v) is 4.29. The quantitative estimate of drug-likeness (QED) is 0.893. The molecule has 0 saturated heterocycles. The molecule has 0 unspecified atom stereocenters. The molecular weight excluding hydrogens is 230 g/mol. The zero-order chi connectivity index (χ0) is 13.1. The molecular formula is C13H15N3O2. The summed E-state index contributed by atoms with van der Waals surface area (Å²) in [5.74, 6) is -0.823. The predicted octanol–water partition coefficient (Wildman–Crippen LogP) is 1.90. The normalized spacial score (nSPS) is 10.6. The van der Waals surface area contributed by atoms with Crippen molar-refractivity contribution in [2.75, 3.05) is 0 Å². The van der Waals surface area contributed by atoms with Crippen LogP contribution in [0.2, 0.25) is 0 Å². The van der Waals surface area contributed by atoms with Crippen molar-refractivity contribution in [1.29, 1.82) is 0 Å². The summed E-state index contributed by atoms with van der Waals surface area (Å²) in [6.45, 7) is 4.03. The second kappa shape index (κ2) is 5.00. The molecule has 0 radical (unpaired) electrons. The summed E-state index contributed by atoms with van der Waals surface area (Å²) in [5.41, 5.74) is 3.93. The lowest BCUT2D eigenvalue weighted by Gasteiger charge is -2.07. The van der Waals surface area contributed by atoms with Crippen molar-refractivity contribution in [3.8, 4) is 5.69 Å². The molecule has 1 heterocycles. The van der Waals surface area contributed by atoms with E-state index in [1.54, 1.807) is 10.9 Å². The van der Waals surface area contributed by atoms with Gasteiger partial charge in [0, 0.05) is 6.42 Å². The van der Waals surface area contributed by atoms with Gasteiger partial charge in [0.1, 0.15) is 0 Å². The zero-order valence-corrected chi connectivity index (χ0v) is 10.4. The van der Waals surface area contributed by atoms with Gasteiger partial charge in [-0.25, -0.2) is 4.68 Å². The number of carboxylic acids is 1. The molecule has 1 aromatic carbocycles. The van der Waals surface area contributed by atoms with Crippen molar-refractivity contribution < 1.29 is 9.90 Å². The number of aryl methyl sites for hydroxylation is 3. The Morgan fingerprint density at radius 1 is 1.33 bits per heavy atom. The number of aromatic nitrogens is 3. The Kier molecular flexibility index (Phi) is 3.41. The van der Waals surface area contributed by atoms with Crippen LogP contribution in [0.25, 0.3) is 5.69 Å². The van der Waals surface area contributed by atoms with Crippen molar-refractivity contribution in [1.82, 2.24) is 15.0 Å². The third-order valence-electron chi connectivity index (χ3n) is 2.80. The molecule has 0 atom stereocenters. The lowest BCUT2D eigenvalue weighted by atomic mass is 10.1. The lowest BCUT2D eigenvalue weighted by molar-refractivity contribution is -0.136. The molecule has 0 bridgehead atoms. The molecule has 1 N–H and O–H groups in total. The summed E-state index contributed by atoms with van der Waals surface area (Å²) in [5, 5.41) is 16.7. The summed E-state index contributed by atoms with van der Waals surface area (Å²) >= 11 is 0. The predicted molar refractivity (Wildman–Crippen MR) is 66.8 cm³/mol. The first kappa shape index (κ1) is 12.3. The highest BCUT2D eigenvalue weighted by molar-refractivity contribution is 5.66. The Labute approximate surface area is 105 Å². The Morgan fingerprint density at radius 3 is 2.61 bits per heavy atom. The van der Waals surface area contributed by atoms with Gasteiger partial charge >= 0.3 is 5.97 Å². The van der Waals surface area contributed by atoms with Gasteiger partial charge in [0.05, 0.1) is 24.0 Å². The third-order valence-corrected chi connectivity index (χ3v) is 2.80. The average molecular weight is 245 g/mol. The average Bonchev–Trinajstić information content (AvgIpc) is 2.75. The lowest BCUT2D eigenvalue weighted by Crippen LogP contribution is -2.00. The van der Waals surface area contributed by atoms with E-state index >= 15 is 0 Å². The van der Waals surface area contributed by atoms with Gasteiger partial charge in [-0.05, 0) is 25.0 Å². The van der Waals surface area contributed by atoms with E-state index in [1.165, 1.54) is 0 Å². The van der Waals surface area contributed by atoms with Gasteiger partial charge in [0.2, 0.25) is 0 Å². The number of carbonyl (C=O) groups is 1. The monoisotopic (exact) mass is 245 g/mol. The van der Waals surface area contributed by atoms with Crippen LogP contribution in [0, 0.1) is 13.8 Å². The van der Waals surface area contributed by atoms with Crippen molar-refractivity contribution in [3.05, 3.63) is 41.2 Å². The molecule has 0 aliphatic carbocycles. The first-order chi connectivity index (χ1) is 8.58. The second-order valence-electron chi connectivity index (χ2n) is 4.29. The standard InChI is InChI=1S/C13H15N3O2/c1-9-4-3-5-10(2)13(9)16-8-11(14-15-16)6-7-12(17)18/h3-5,8H,6-7H2,1-2H3,(H,17,18). The van der Waals surface area contributed by atoms with Gasteiger partial charge in [-0.15, -0.1) is 5.10 Å². The Morgan fingerprint density at radius 2 is 2.00 bits per heavy atom. The molecule has 0 aliphatic rings. The fourth-order valence-corrected chi connectivity index (χ4v) is 1.92. The SMILES string of the molecule is Cc1cccc(C)c1-n1cc(CCC(=O)O)nn1. The highest BCUT2D eigenvalue weighted by Gasteiger charge is 2.08. The first-order valence-electron chi connectivity index (χ1n) is 5.77. The molecule has 2 rings (SSSR count). The van der Waals surface area contributed by atoms with E-state index in [0.29, 0.717) is 12.1 Å². The number of para-hydroxylation sites is 1. The van der Waals surface area contributed by atoms with Gasteiger partial charge in [0.25, 0.3) is 0 Å². The van der Waals surface area contributed by atoms with Gasteiger partial charge in [-0.1, -0.05) is 23.4 Å². The number of benzene rings is 1. The molecule has 0 amide bonds. The van der Waals surface area contributed by atoms with Crippen LogP contribution in [0.3, 0.4) is 0 Å². The fraction of sp³-hybridized carbons (Fsp3) is 0.308. The van der Waals surface area contributed by atoms with E-state index in [0.717, 1.165) is 16.8 Å². The Hall–Kier alpha value is -2.17. The Balaban J connectivity index is 2.27.